The van der Waals surface area contributed by atoms with E-state index in [0.717, 1.165) is 24.8 Å². The van der Waals surface area contributed by atoms with E-state index in [0.29, 0.717) is 25.1 Å². The average Bonchev–Trinajstić information content (AvgIpc) is 3.09. The minimum absolute atomic E-state index is 0.00910. The van der Waals surface area contributed by atoms with Crippen molar-refractivity contribution in [2.75, 3.05) is 6.54 Å². The minimum atomic E-state index is -0.811. The highest BCUT2D eigenvalue weighted by atomic mass is 16.4. The molecule has 1 aromatic carbocycles. The quantitative estimate of drug-likeness (QED) is 0.876. The first-order valence-corrected chi connectivity index (χ1v) is 8.72. The molecule has 1 amide bonds. The largest absolute Gasteiger partial charge is 0.481 e. The van der Waals surface area contributed by atoms with Crippen molar-refractivity contribution in [3.63, 3.8) is 0 Å². The summed E-state index contributed by atoms with van der Waals surface area (Å²) >= 11 is 0. The predicted octanol–water partition coefficient (Wildman–Crippen LogP) is 2.79. The third kappa shape index (κ3) is 4.47. The molecule has 2 aromatic rings. The van der Waals surface area contributed by atoms with E-state index < -0.39 is 5.97 Å². The van der Waals surface area contributed by atoms with Gasteiger partial charge in [0.05, 0.1) is 18.3 Å². The summed E-state index contributed by atoms with van der Waals surface area (Å²) in [6.07, 6.45) is 6.87. The molecular formula is C19H23N3O3. The molecule has 2 heterocycles. The Kier molecular flexibility index (Phi) is 5.48. The monoisotopic (exact) mass is 341 g/mol. The normalized spacial score (nSPS) is 17.4. The van der Waals surface area contributed by atoms with Crippen LogP contribution in [0.15, 0.2) is 42.7 Å². The maximum Gasteiger partial charge on any atom is 0.303 e. The Bertz CT molecular complexity index is 727. The number of carboxylic acids is 1. The molecule has 1 aromatic heterocycles. The second-order valence-corrected chi connectivity index (χ2v) is 6.49. The van der Waals surface area contributed by atoms with Crippen LogP contribution in [0.4, 0.5) is 0 Å². The van der Waals surface area contributed by atoms with Gasteiger partial charge in [-0.3, -0.25) is 14.3 Å². The number of piperidine rings is 1. The standard InChI is InChI=1S/C19H23N3O3/c23-18(24)10-9-17-8-4-5-11-22(17)19(25)16-12-20-21(14-16)13-15-6-2-1-3-7-15/h1-3,6-7,12,14,17H,4-5,8-11,13H2,(H,23,24)/t17-/m1/s1. The van der Waals surface area contributed by atoms with E-state index >= 15 is 0 Å². The number of carbonyl (C=O) groups excluding carboxylic acids is 1. The molecule has 0 unspecified atom stereocenters. The van der Waals surface area contributed by atoms with Crippen molar-refractivity contribution in [3.05, 3.63) is 53.9 Å². The van der Waals surface area contributed by atoms with Crippen LogP contribution in [0, 0.1) is 0 Å². The van der Waals surface area contributed by atoms with Gasteiger partial charge in [0, 0.05) is 25.2 Å². The van der Waals surface area contributed by atoms with Crippen LogP contribution in [-0.4, -0.2) is 44.3 Å². The van der Waals surface area contributed by atoms with Gasteiger partial charge in [-0.05, 0) is 31.2 Å². The Morgan fingerprint density at radius 3 is 2.76 bits per heavy atom. The number of nitrogens with zero attached hydrogens (tertiary/aromatic N) is 3. The van der Waals surface area contributed by atoms with Crippen LogP contribution in [-0.2, 0) is 11.3 Å². The highest BCUT2D eigenvalue weighted by Crippen LogP contribution is 2.23. The van der Waals surface area contributed by atoms with Crippen molar-refractivity contribution in [3.8, 4) is 0 Å². The number of amides is 1. The molecule has 0 saturated carbocycles. The maximum atomic E-state index is 12.8. The number of carboxylic acid groups (broad SMARTS) is 1. The smallest absolute Gasteiger partial charge is 0.303 e. The van der Waals surface area contributed by atoms with Gasteiger partial charge < -0.3 is 10.0 Å². The maximum absolute atomic E-state index is 12.8. The van der Waals surface area contributed by atoms with Crippen molar-refractivity contribution in [2.24, 2.45) is 0 Å². The zero-order chi connectivity index (χ0) is 17.6. The summed E-state index contributed by atoms with van der Waals surface area (Å²) in [5, 5.41) is 13.2. The molecule has 0 radical (unpaired) electrons. The topological polar surface area (TPSA) is 75.4 Å². The number of carbonyl (C=O) groups is 2. The fraction of sp³-hybridized carbons (Fsp3) is 0.421. The lowest BCUT2D eigenvalue weighted by molar-refractivity contribution is -0.137. The Hall–Kier alpha value is -2.63. The molecule has 1 aliphatic rings. The lowest BCUT2D eigenvalue weighted by Crippen LogP contribution is -2.43. The molecular weight excluding hydrogens is 318 g/mol. The zero-order valence-corrected chi connectivity index (χ0v) is 14.2. The fourth-order valence-electron chi connectivity index (χ4n) is 3.35. The summed E-state index contributed by atoms with van der Waals surface area (Å²) in [6, 6.07) is 9.98. The van der Waals surface area contributed by atoms with E-state index in [1.807, 2.05) is 35.2 Å². The van der Waals surface area contributed by atoms with Gasteiger partial charge in [0.2, 0.25) is 0 Å². The van der Waals surface area contributed by atoms with Crippen LogP contribution in [0.25, 0.3) is 0 Å². The third-order valence-electron chi connectivity index (χ3n) is 4.65. The number of rotatable bonds is 6. The van der Waals surface area contributed by atoms with Gasteiger partial charge >= 0.3 is 5.97 Å². The molecule has 0 bridgehead atoms. The first kappa shape index (κ1) is 17.2. The van der Waals surface area contributed by atoms with Crippen LogP contribution in [0.1, 0.15) is 48.0 Å². The predicted molar refractivity (Wildman–Crippen MR) is 93.3 cm³/mol. The first-order chi connectivity index (χ1) is 12.1. The van der Waals surface area contributed by atoms with Crippen molar-refractivity contribution >= 4 is 11.9 Å². The number of aliphatic carboxylic acids is 1. The lowest BCUT2D eigenvalue weighted by Gasteiger charge is -2.35. The Morgan fingerprint density at radius 2 is 2.00 bits per heavy atom. The van der Waals surface area contributed by atoms with Gasteiger partial charge in [-0.25, -0.2) is 0 Å². The molecule has 1 fully saturated rings. The van der Waals surface area contributed by atoms with E-state index in [1.54, 1.807) is 17.1 Å². The van der Waals surface area contributed by atoms with E-state index in [4.69, 9.17) is 5.11 Å². The van der Waals surface area contributed by atoms with Gasteiger partial charge in [-0.15, -0.1) is 0 Å². The van der Waals surface area contributed by atoms with Gasteiger partial charge in [0.15, 0.2) is 0 Å². The summed E-state index contributed by atoms with van der Waals surface area (Å²) in [4.78, 5) is 25.5. The second-order valence-electron chi connectivity index (χ2n) is 6.49. The average molecular weight is 341 g/mol. The molecule has 1 atom stereocenters. The van der Waals surface area contributed by atoms with E-state index in [-0.39, 0.29) is 18.4 Å². The Labute approximate surface area is 147 Å². The van der Waals surface area contributed by atoms with Gasteiger partial charge in [-0.2, -0.15) is 5.10 Å². The highest BCUT2D eigenvalue weighted by molar-refractivity contribution is 5.94. The molecule has 132 valence electrons. The summed E-state index contributed by atoms with van der Waals surface area (Å²) < 4.78 is 1.76. The van der Waals surface area contributed by atoms with Crippen LogP contribution in [0.5, 0.6) is 0 Å². The number of hydrogen-bond donors (Lipinski definition) is 1. The molecule has 6 heteroatoms. The van der Waals surface area contributed by atoms with Gasteiger partial charge in [-0.1, -0.05) is 30.3 Å². The summed E-state index contributed by atoms with van der Waals surface area (Å²) in [5.41, 5.74) is 1.69. The van der Waals surface area contributed by atoms with Crippen molar-refractivity contribution < 1.29 is 14.7 Å². The number of hydrogen-bond acceptors (Lipinski definition) is 3. The van der Waals surface area contributed by atoms with Gasteiger partial charge in [0.1, 0.15) is 0 Å². The first-order valence-electron chi connectivity index (χ1n) is 8.72. The summed E-state index contributed by atoms with van der Waals surface area (Å²) in [5.74, 6) is -0.858. The summed E-state index contributed by atoms with van der Waals surface area (Å²) in [6.45, 7) is 1.31. The van der Waals surface area contributed by atoms with Crippen LogP contribution in [0.2, 0.25) is 0 Å². The zero-order valence-electron chi connectivity index (χ0n) is 14.2. The van der Waals surface area contributed by atoms with Crippen molar-refractivity contribution in [1.29, 1.82) is 0 Å². The molecule has 0 spiro atoms. The molecule has 0 aliphatic carbocycles. The van der Waals surface area contributed by atoms with Crippen molar-refractivity contribution in [1.82, 2.24) is 14.7 Å². The van der Waals surface area contributed by atoms with Gasteiger partial charge in [0.25, 0.3) is 5.91 Å². The number of benzene rings is 1. The van der Waals surface area contributed by atoms with E-state index in [9.17, 15) is 9.59 Å². The van der Waals surface area contributed by atoms with Crippen LogP contribution >= 0.6 is 0 Å². The van der Waals surface area contributed by atoms with Crippen molar-refractivity contribution in [2.45, 2.75) is 44.7 Å². The molecule has 25 heavy (non-hydrogen) atoms. The molecule has 1 saturated heterocycles. The van der Waals surface area contributed by atoms with Crippen LogP contribution in [0.3, 0.4) is 0 Å². The molecule has 1 N–H and O–H groups in total. The molecule has 3 rings (SSSR count). The Morgan fingerprint density at radius 1 is 1.20 bits per heavy atom. The van der Waals surface area contributed by atoms with Crippen LogP contribution < -0.4 is 0 Å². The number of likely N-dealkylation sites (tertiary alicyclic amines) is 1. The lowest BCUT2D eigenvalue weighted by atomic mass is 9.97. The second kappa shape index (κ2) is 7.96. The van der Waals surface area contributed by atoms with E-state index in [2.05, 4.69) is 5.10 Å². The molecule has 1 aliphatic heterocycles. The third-order valence-corrected chi connectivity index (χ3v) is 4.65. The molecule has 6 nitrogen and oxygen atoms in total. The highest BCUT2D eigenvalue weighted by Gasteiger charge is 2.28. The number of aromatic nitrogens is 2. The van der Waals surface area contributed by atoms with E-state index in [1.165, 1.54) is 0 Å². The summed E-state index contributed by atoms with van der Waals surface area (Å²) in [7, 11) is 0. The SMILES string of the molecule is O=C(O)CC[C@H]1CCCCN1C(=O)c1cnn(Cc2ccccc2)c1. The fourth-order valence-corrected chi connectivity index (χ4v) is 3.35. The minimum Gasteiger partial charge on any atom is -0.481 e. The Balaban J connectivity index is 1.68.